The van der Waals surface area contributed by atoms with Gasteiger partial charge in [0.1, 0.15) is 5.82 Å². The van der Waals surface area contributed by atoms with E-state index in [0.717, 1.165) is 12.1 Å². The van der Waals surface area contributed by atoms with Gasteiger partial charge < -0.3 is 10.3 Å². The van der Waals surface area contributed by atoms with Crippen LogP contribution in [0.15, 0.2) is 12.1 Å². The highest BCUT2D eigenvalue weighted by Gasteiger charge is 2.64. The van der Waals surface area contributed by atoms with Crippen molar-refractivity contribution in [3.63, 3.8) is 0 Å². The van der Waals surface area contributed by atoms with Gasteiger partial charge in [0, 0.05) is 12.6 Å². The Balaban J connectivity index is 2.05. The predicted molar refractivity (Wildman–Crippen MR) is 80.2 cm³/mol. The number of aromatic nitrogens is 2. The molecule has 0 unspecified atom stereocenters. The molecule has 3 rings (SSSR count). The average molecular weight is 296 g/mol. The summed E-state index contributed by atoms with van der Waals surface area (Å²) in [6.45, 7) is 9.84. The molecule has 1 saturated carbocycles. The Labute approximate surface area is 122 Å². The van der Waals surface area contributed by atoms with Crippen LogP contribution in [0.25, 0.3) is 11.0 Å². The van der Waals surface area contributed by atoms with Crippen LogP contribution in [-0.2, 0) is 6.54 Å². The molecule has 1 aliphatic rings. The van der Waals surface area contributed by atoms with Gasteiger partial charge in [-0.1, -0.05) is 39.3 Å². The number of hydrogen-bond acceptors (Lipinski definition) is 2. The van der Waals surface area contributed by atoms with Crippen LogP contribution in [-0.4, -0.2) is 9.55 Å². The fraction of sp³-hybridized carbons (Fsp3) is 0.533. The van der Waals surface area contributed by atoms with E-state index in [1.54, 1.807) is 6.07 Å². The van der Waals surface area contributed by atoms with Gasteiger partial charge in [0.2, 0.25) is 5.95 Å². The van der Waals surface area contributed by atoms with Gasteiger partial charge in [-0.15, -0.1) is 0 Å². The van der Waals surface area contributed by atoms with Crippen molar-refractivity contribution in [1.29, 1.82) is 0 Å². The summed E-state index contributed by atoms with van der Waals surface area (Å²) in [7, 11) is 0. The summed E-state index contributed by atoms with van der Waals surface area (Å²) >= 11 is 5.88. The monoisotopic (exact) mass is 295 g/mol. The number of fused-ring (bicyclic) bond motifs is 1. The number of hydrogen-bond donors (Lipinski definition) is 1. The summed E-state index contributed by atoms with van der Waals surface area (Å²) in [4.78, 5) is 4.23. The second-order valence-corrected chi connectivity index (χ2v) is 7.24. The van der Waals surface area contributed by atoms with Gasteiger partial charge in [0.05, 0.1) is 16.1 Å². The Morgan fingerprint density at radius 1 is 1.30 bits per heavy atom. The summed E-state index contributed by atoms with van der Waals surface area (Å²) in [5.41, 5.74) is 7.88. The summed E-state index contributed by atoms with van der Waals surface area (Å²) in [6, 6.07) is 2.95. The molecule has 0 spiro atoms. The highest BCUT2D eigenvalue weighted by Crippen LogP contribution is 2.69. The fourth-order valence-electron chi connectivity index (χ4n) is 3.30. The third kappa shape index (κ3) is 1.67. The standard InChI is InChI=1S/C15H19ClFN3/c1-14(2)12(15(14,3)4)7-20-11-5-8(16)9(17)6-10(11)19-13(20)18/h5-6,12H,7H2,1-4H3,(H2,18,19). The van der Waals surface area contributed by atoms with E-state index < -0.39 is 5.82 Å². The third-order valence-corrected chi connectivity index (χ3v) is 5.79. The van der Waals surface area contributed by atoms with Crippen LogP contribution in [0.2, 0.25) is 5.02 Å². The molecular weight excluding hydrogens is 277 g/mol. The normalized spacial score (nSPS) is 20.5. The van der Waals surface area contributed by atoms with Crippen molar-refractivity contribution in [3.8, 4) is 0 Å². The van der Waals surface area contributed by atoms with Crippen molar-refractivity contribution < 1.29 is 4.39 Å². The molecule has 108 valence electrons. The molecular formula is C15H19ClFN3. The highest BCUT2D eigenvalue weighted by atomic mass is 35.5. The van der Waals surface area contributed by atoms with Gasteiger partial charge in [-0.3, -0.25) is 0 Å². The lowest BCUT2D eigenvalue weighted by Crippen LogP contribution is -2.08. The smallest absolute Gasteiger partial charge is 0.201 e. The van der Waals surface area contributed by atoms with E-state index in [1.807, 2.05) is 4.57 Å². The maximum atomic E-state index is 13.5. The molecule has 0 radical (unpaired) electrons. The van der Waals surface area contributed by atoms with Gasteiger partial charge in [0.15, 0.2) is 0 Å². The molecule has 0 amide bonds. The first kappa shape index (κ1) is 13.7. The van der Waals surface area contributed by atoms with E-state index in [9.17, 15) is 4.39 Å². The zero-order valence-electron chi connectivity index (χ0n) is 12.2. The molecule has 20 heavy (non-hydrogen) atoms. The molecule has 1 aromatic carbocycles. The van der Waals surface area contributed by atoms with Crippen molar-refractivity contribution in [2.24, 2.45) is 16.7 Å². The fourth-order valence-corrected chi connectivity index (χ4v) is 3.46. The number of benzene rings is 1. The Bertz CT molecular complexity index is 689. The zero-order valence-corrected chi connectivity index (χ0v) is 12.9. The summed E-state index contributed by atoms with van der Waals surface area (Å²) in [6.07, 6.45) is 0. The van der Waals surface area contributed by atoms with Crippen molar-refractivity contribution >= 4 is 28.6 Å². The summed E-state index contributed by atoms with van der Waals surface area (Å²) in [5, 5.41) is 0.105. The van der Waals surface area contributed by atoms with Crippen LogP contribution in [0.1, 0.15) is 27.7 Å². The Kier molecular flexibility index (Phi) is 2.65. The minimum Gasteiger partial charge on any atom is -0.369 e. The SMILES string of the molecule is CC1(C)C(Cn2c(N)nc3cc(F)c(Cl)cc32)C1(C)C. The lowest BCUT2D eigenvalue weighted by Gasteiger charge is -2.08. The minimum atomic E-state index is -0.462. The van der Waals surface area contributed by atoms with E-state index >= 15 is 0 Å². The van der Waals surface area contributed by atoms with Gasteiger partial charge in [0.25, 0.3) is 0 Å². The van der Waals surface area contributed by atoms with Crippen molar-refractivity contribution in [2.45, 2.75) is 34.2 Å². The number of halogens is 2. The van der Waals surface area contributed by atoms with E-state index in [0.29, 0.717) is 17.4 Å². The zero-order chi connectivity index (χ0) is 14.9. The first-order valence-electron chi connectivity index (χ1n) is 6.77. The number of nitrogens with two attached hydrogens (primary N) is 1. The van der Waals surface area contributed by atoms with E-state index in [2.05, 4.69) is 32.7 Å². The first-order valence-corrected chi connectivity index (χ1v) is 7.15. The Morgan fingerprint density at radius 2 is 1.90 bits per heavy atom. The lowest BCUT2D eigenvalue weighted by atomic mass is 10.0. The number of rotatable bonds is 2. The molecule has 1 aliphatic carbocycles. The van der Waals surface area contributed by atoms with Crippen molar-refractivity contribution in [2.75, 3.05) is 5.73 Å². The number of imidazole rings is 1. The van der Waals surface area contributed by atoms with Crippen LogP contribution in [0, 0.1) is 22.6 Å². The highest BCUT2D eigenvalue weighted by molar-refractivity contribution is 6.31. The number of nitrogen functional groups attached to an aromatic ring is 1. The second kappa shape index (κ2) is 3.88. The van der Waals surface area contributed by atoms with Crippen LogP contribution in [0.4, 0.5) is 10.3 Å². The maximum Gasteiger partial charge on any atom is 0.201 e. The van der Waals surface area contributed by atoms with Crippen molar-refractivity contribution in [1.82, 2.24) is 9.55 Å². The topological polar surface area (TPSA) is 43.8 Å². The largest absolute Gasteiger partial charge is 0.369 e. The Morgan fingerprint density at radius 3 is 2.45 bits per heavy atom. The molecule has 1 aromatic heterocycles. The Hall–Kier alpha value is -1.29. The van der Waals surface area contributed by atoms with Crippen LogP contribution in [0.3, 0.4) is 0 Å². The van der Waals surface area contributed by atoms with Crippen molar-refractivity contribution in [3.05, 3.63) is 23.0 Å². The third-order valence-electron chi connectivity index (χ3n) is 5.50. The predicted octanol–water partition coefficient (Wildman–Crippen LogP) is 4.09. The average Bonchev–Trinajstić information content (AvgIpc) is 2.60. The molecule has 1 fully saturated rings. The summed E-state index contributed by atoms with van der Waals surface area (Å²) in [5.74, 6) is 0.467. The molecule has 0 saturated heterocycles. The van der Waals surface area contributed by atoms with Gasteiger partial charge >= 0.3 is 0 Å². The van der Waals surface area contributed by atoms with Crippen LogP contribution < -0.4 is 5.73 Å². The molecule has 2 aromatic rings. The number of nitrogens with zero attached hydrogens (tertiary/aromatic N) is 2. The van der Waals surface area contributed by atoms with Crippen LogP contribution in [0.5, 0.6) is 0 Å². The van der Waals surface area contributed by atoms with Gasteiger partial charge in [-0.05, 0) is 22.8 Å². The molecule has 1 heterocycles. The first-order chi connectivity index (χ1) is 9.16. The van der Waals surface area contributed by atoms with E-state index in [4.69, 9.17) is 17.3 Å². The quantitative estimate of drug-likeness (QED) is 0.907. The van der Waals surface area contributed by atoms with Gasteiger partial charge in [-0.2, -0.15) is 0 Å². The molecule has 0 bridgehead atoms. The van der Waals surface area contributed by atoms with Crippen LogP contribution >= 0.6 is 11.6 Å². The molecule has 2 N–H and O–H groups in total. The maximum absolute atomic E-state index is 13.5. The van der Waals surface area contributed by atoms with E-state index in [-0.39, 0.29) is 15.9 Å². The number of anilines is 1. The lowest BCUT2D eigenvalue weighted by molar-refractivity contribution is 0.457. The van der Waals surface area contributed by atoms with E-state index in [1.165, 1.54) is 6.07 Å². The molecule has 5 heteroatoms. The molecule has 0 atom stereocenters. The molecule has 3 nitrogen and oxygen atoms in total. The molecule has 0 aliphatic heterocycles. The summed E-state index contributed by atoms with van der Waals surface area (Å²) < 4.78 is 15.4. The second-order valence-electron chi connectivity index (χ2n) is 6.83. The van der Waals surface area contributed by atoms with Gasteiger partial charge in [-0.25, -0.2) is 9.37 Å². The minimum absolute atomic E-state index is 0.105.